The van der Waals surface area contributed by atoms with Gasteiger partial charge in [0.1, 0.15) is 0 Å². The van der Waals surface area contributed by atoms with Gasteiger partial charge in [-0.2, -0.15) is 0 Å². The summed E-state index contributed by atoms with van der Waals surface area (Å²) in [6.07, 6.45) is -0.601. The number of hydrogen-bond acceptors (Lipinski definition) is 8. The molecule has 0 fully saturated rings. The van der Waals surface area contributed by atoms with E-state index in [1.165, 1.54) is 22.1 Å². The van der Waals surface area contributed by atoms with Gasteiger partial charge in [0, 0.05) is 47.5 Å². The number of carbonyl (C=O) groups is 2. The highest BCUT2D eigenvalue weighted by molar-refractivity contribution is 5.68. The van der Waals surface area contributed by atoms with Gasteiger partial charge in [-0.3, -0.25) is 0 Å². The summed E-state index contributed by atoms with van der Waals surface area (Å²) in [7, 11) is 6.26. The van der Waals surface area contributed by atoms with Gasteiger partial charge in [-0.15, -0.1) is 0 Å². The normalized spacial score (nSPS) is 10.0. The molecule has 1 aromatic heterocycles. The van der Waals surface area contributed by atoms with Gasteiger partial charge in [-0.1, -0.05) is 13.8 Å². The van der Waals surface area contributed by atoms with Crippen LogP contribution in [-0.2, 0) is 9.47 Å². The number of nitrogen functional groups attached to an aromatic ring is 1. The van der Waals surface area contributed by atoms with Crippen LogP contribution in [0.3, 0.4) is 0 Å². The maximum absolute atomic E-state index is 11.5. The minimum absolute atomic E-state index is 0.0347. The molecule has 0 spiro atoms. The van der Waals surface area contributed by atoms with Crippen molar-refractivity contribution >= 4 is 18.0 Å². The van der Waals surface area contributed by atoms with Crippen LogP contribution in [0.1, 0.15) is 13.8 Å². The summed E-state index contributed by atoms with van der Waals surface area (Å²) in [5.74, 6) is 0.208. The van der Waals surface area contributed by atoms with Crippen LogP contribution in [0.25, 0.3) is 0 Å². The lowest BCUT2D eigenvalue weighted by atomic mass is 10.4. The summed E-state index contributed by atoms with van der Waals surface area (Å²) >= 11 is 0. The van der Waals surface area contributed by atoms with E-state index in [2.05, 4.69) is 4.98 Å². The van der Waals surface area contributed by atoms with Crippen molar-refractivity contribution in [3.8, 4) is 5.75 Å². The lowest BCUT2D eigenvalue weighted by Crippen LogP contribution is -2.45. The smallest absolute Gasteiger partial charge is 0.413 e. The van der Waals surface area contributed by atoms with E-state index in [-0.39, 0.29) is 11.6 Å². The second-order valence-corrected chi connectivity index (χ2v) is 5.49. The van der Waals surface area contributed by atoms with E-state index in [0.717, 1.165) is 0 Å². The van der Waals surface area contributed by atoms with E-state index in [9.17, 15) is 9.59 Å². The Hall–Kier alpha value is -2.75. The molecular formula is C16H29N5O5. The van der Waals surface area contributed by atoms with Crippen molar-refractivity contribution in [2.45, 2.75) is 20.3 Å². The molecule has 0 unspecified atom stereocenters. The average molecular weight is 371 g/mol. The number of pyridine rings is 1. The topological polar surface area (TPSA) is 121 Å². The number of amides is 2. The molecule has 1 heterocycles. The Balaban J connectivity index is 0.000000642. The lowest BCUT2D eigenvalue weighted by molar-refractivity contribution is -0.163. The standard InChI is InChI=1S/C11H23N3O4.C5H6N2O/c1-7-14(8-2)11(17-9(15)12(3)4)18-10(16)13(5)6;6-5-4(8)2-1-3-7-5/h11H,7-8H2,1-6H3;1-3,8H,(H2,6,7). The van der Waals surface area contributed by atoms with Crippen LogP contribution in [0.4, 0.5) is 15.4 Å². The minimum atomic E-state index is -1.01. The van der Waals surface area contributed by atoms with Gasteiger partial charge in [0.15, 0.2) is 11.6 Å². The third-order valence-electron chi connectivity index (χ3n) is 3.06. The van der Waals surface area contributed by atoms with Gasteiger partial charge in [0.25, 0.3) is 0 Å². The molecule has 0 aliphatic heterocycles. The molecule has 1 rings (SSSR count). The fourth-order valence-electron chi connectivity index (χ4n) is 1.49. The molecule has 0 radical (unpaired) electrons. The van der Waals surface area contributed by atoms with Crippen LogP contribution in [0.5, 0.6) is 5.75 Å². The Labute approximate surface area is 154 Å². The van der Waals surface area contributed by atoms with Crippen LogP contribution < -0.4 is 5.73 Å². The molecule has 1 aromatic rings. The third kappa shape index (κ3) is 8.38. The second kappa shape index (κ2) is 11.7. The van der Waals surface area contributed by atoms with Crippen LogP contribution in [0.2, 0.25) is 0 Å². The molecule has 26 heavy (non-hydrogen) atoms. The molecule has 0 saturated carbocycles. The van der Waals surface area contributed by atoms with E-state index >= 15 is 0 Å². The lowest BCUT2D eigenvalue weighted by Gasteiger charge is -2.29. The zero-order valence-electron chi connectivity index (χ0n) is 16.2. The minimum Gasteiger partial charge on any atom is -0.504 e. The van der Waals surface area contributed by atoms with E-state index in [1.54, 1.807) is 39.2 Å². The van der Waals surface area contributed by atoms with Gasteiger partial charge >= 0.3 is 18.6 Å². The monoisotopic (exact) mass is 371 g/mol. The van der Waals surface area contributed by atoms with Crippen molar-refractivity contribution in [3.63, 3.8) is 0 Å². The highest BCUT2D eigenvalue weighted by Crippen LogP contribution is 2.12. The number of ether oxygens (including phenoxy) is 2. The predicted octanol–water partition coefficient (Wildman–Crippen LogP) is 1.38. The number of nitrogens with two attached hydrogens (primary N) is 1. The molecule has 148 valence electrons. The number of carbonyl (C=O) groups excluding carboxylic acids is 2. The van der Waals surface area contributed by atoms with Gasteiger partial charge in [-0.05, 0) is 12.1 Å². The molecule has 0 aliphatic rings. The van der Waals surface area contributed by atoms with Gasteiger partial charge in [0.2, 0.25) is 0 Å². The Morgan fingerprint density at radius 3 is 1.85 bits per heavy atom. The van der Waals surface area contributed by atoms with E-state index in [1.807, 2.05) is 13.8 Å². The number of hydrogen-bond donors (Lipinski definition) is 2. The summed E-state index contributed by atoms with van der Waals surface area (Å²) in [6, 6.07) is 3.11. The quantitative estimate of drug-likeness (QED) is 0.745. The maximum Gasteiger partial charge on any atom is 0.413 e. The second-order valence-electron chi connectivity index (χ2n) is 5.49. The number of rotatable bonds is 5. The van der Waals surface area contributed by atoms with Crippen molar-refractivity contribution in [1.29, 1.82) is 0 Å². The SMILES string of the molecule is CCN(CC)C(OC(=O)N(C)C)OC(=O)N(C)C.Nc1ncccc1O. The highest BCUT2D eigenvalue weighted by Gasteiger charge is 2.25. The van der Waals surface area contributed by atoms with Gasteiger partial charge in [0.05, 0.1) is 0 Å². The average Bonchev–Trinajstić information content (AvgIpc) is 2.58. The van der Waals surface area contributed by atoms with Crippen LogP contribution in [-0.4, -0.2) is 84.7 Å². The summed E-state index contributed by atoms with van der Waals surface area (Å²) in [5, 5.41) is 8.73. The van der Waals surface area contributed by atoms with Crippen molar-refractivity contribution in [1.82, 2.24) is 19.7 Å². The molecule has 0 bridgehead atoms. The summed E-state index contributed by atoms with van der Waals surface area (Å²) in [6.45, 7) is 4.98. The first-order valence-corrected chi connectivity index (χ1v) is 8.03. The fraction of sp³-hybridized carbons (Fsp3) is 0.562. The molecule has 10 heteroatoms. The molecule has 3 N–H and O–H groups in total. The Morgan fingerprint density at radius 2 is 1.58 bits per heavy atom. The number of aromatic nitrogens is 1. The zero-order valence-corrected chi connectivity index (χ0v) is 16.2. The first-order chi connectivity index (χ1) is 12.1. The summed E-state index contributed by atoms with van der Waals surface area (Å²) < 4.78 is 10.2. The summed E-state index contributed by atoms with van der Waals surface area (Å²) in [5.41, 5.74) is 5.16. The molecule has 10 nitrogen and oxygen atoms in total. The zero-order chi connectivity index (χ0) is 20.3. The number of nitrogens with zero attached hydrogens (tertiary/aromatic N) is 4. The Kier molecular flexibility index (Phi) is 10.5. The maximum atomic E-state index is 11.5. The summed E-state index contributed by atoms with van der Waals surface area (Å²) in [4.78, 5) is 30.9. The largest absolute Gasteiger partial charge is 0.504 e. The number of anilines is 1. The van der Waals surface area contributed by atoms with Crippen molar-refractivity contribution < 1.29 is 24.2 Å². The molecule has 0 aliphatic carbocycles. The number of aromatic hydroxyl groups is 1. The molecule has 2 amide bonds. The van der Waals surface area contributed by atoms with Crippen molar-refractivity contribution in [2.24, 2.45) is 0 Å². The van der Waals surface area contributed by atoms with E-state index < -0.39 is 18.6 Å². The Morgan fingerprint density at radius 1 is 1.12 bits per heavy atom. The fourth-order valence-corrected chi connectivity index (χ4v) is 1.49. The first kappa shape index (κ1) is 23.2. The Bertz CT molecular complexity index is 521. The van der Waals surface area contributed by atoms with Crippen molar-refractivity contribution in [2.75, 3.05) is 47.0 Å². The molecular weight excluding hydrogens is 342 g/mol. The van der Waals surface area contributed by atoms with Crippen LogP contribution in [0.15, 0.2) is 18.3 Å². The van der Waals surface area contributed by atoms with Gasteiger partial charge in [-0.25, -0.2) is 19.5 Å². The third-order valence-corrected chi connectivity index (χ3v) is 3.06. The predicted molar refractivity (Wildman–Crippen MR) is 97.4 cm³/mol. The van der Waals surface area contributed by atoms with Crippen molar-refractivity contribution in [3.05, 3.63) is 18.3 Å². The molecule has 0 atom stereocenters. The van der Waals surface area contributed by atoms with Gasteiger partial charge < -0.3 is 30.1 Å². The van der Waals surface area contributed by atoms with E-state index in [4.69, 9.17) is 20.3 Å². The molecule has 0 saturated heterocycles. The highest BCUT2D eigenvalue weighted by atomic mass is 16.7. The van der Waals surface area contributed by atoms with Crippen LogP contribution >= 0.6 is 0 Å². The van der Waals surface area contributed by atoms with E-state index in [0.29, 0.717) is 13.1 Å². The first-order valence-electron chi connectivity index (χ1n) is 8.03. The van der Waals surface area contributed by atoms with Crippen LogP contribution in [0, 0.1) is 0 Å². The molecule has 0 aromatic carbocycles.